The highest BCUT2D eigenvalue weighted by Crippen LogP contribution is 2.44. The lowest BCUT2D eigenvalue weighted by Crippen LogP contribution is -2.38. The SMILES string of the molecule is N[C@@]12CCNCC1C2. The molecule has 0 bridgehead atoms. The van der Waals surface area contributed by atoms with Gasteiger partial charge in [-0.3, -0.25) is 0 Å². The highest BCUT2D eigenvalue weighted by atomic mass is 15.0. The van der Waals surface area contributed by atoms with Crippen LogP contribution in [0.5, 0.6) is 0 Å². The monoisotopic (exact) mass is 112 g/mol. The van der Waals surface area contributed by atoms with E-state index in [0.29, 0.717) is 0 Å². The Morgan fingerprint density at radius 2 is 2.50 bits per heavy atom. The van der Waals surface area contributed by atoms with E-state index in [-0.39, 0.29) is 5.54 Å². The maximum absolute atomic E-state index is 5.91. The number of nitrogens with two attached hydrogens (primary N) is 1. The highest BCUT2D eigenvalue weighted by molar-refractivity contribution is 5.10. The average molecular weight is 112 g/mol. The first kappa shape index (κ1) is 4.77. The van der Waals surface area contributed by atoms with Crippen molar-refractivity contribution >= 4 is 0 Å². The topological polar surface area (TPSA) is 38.0 Å². The van der Waals surface area contributed by atoms with Crippen LogP contribution in [0.25, 0.3) is 0 Å². The molecule has 46 valence electrons. The zero-order chi connectivity index (χ0) is 5.61. The summed E-state index contributed by atoms with van der Waals surface area (Å²) in [5.74, 6) is 0.816. The van der Waals surface area contributed by atoms with E-state index in [4.69, 9.17) is 5.73 Å². The van der Waals surface area contributed by atoms with Crippen LogP contribution in [0.4, 0.5) is 0 Å². The Balaban J connectivity index is 2.04. The molecule has 1 heterocycles. The Labute approximate surface area is 49.4 Å². The molecule has 0 radical (unpaired) electrons. The number of fused-ring (bicyclic) bond motifs is 1. The fourth-order valence-electron chi connectivity index (χ4n) is 1.58. The number of nitrogens with one attached hydrogen (secondary N) is 1. The largest absolute Gasteiger partial charge is 0.325 e. The number of hydrogen-bond donors (Lipinski definition) is 2. The van der Waals surface area contributed by atoms with Crippen LogP contribution in [0.2, 0.25) is 0 Å². The van der Waals surface area contributed by atoms with Crippen molar-refractivity contribution in [3.8, 4) is 0 Å². The Kier molecular flexibility index (Phi) is 0.746. The van der Waals surface area contributed by atoms with Crippen molar-refractivity contribution in [3.05, 3.63) is 0 Å². The van der Waals surface area contributed by atoms with Gasteiger partial charge in [0.15, 0.2) is 0 Å². The first-order valence-corrected chi connectivity index (χ1v) is 3.31. The van der Waals surface area contributed by atoms with Gasteiger partial charge in [0.05, 0.1) is 0 Å². The summed E-state index contributed by atoms with van der Waals surface area (Å²) < 4.78 is 0. The third-order valence-corrected chi connectivity index (χ3v) is 2.44. The summed E-state index contributed by atoms with van der Waals surface area (Å²) in [6.07, 6.45) is 2.46. The first-order valence-electron chi connectivity index (χ1n) is 3.31. The molecule has 1 saturated heterocycles. The predicted molar refractivity (Wildman–Crippen MR) is 32.5 cm³/mol. The summed E-state index contributed by atoms with van der Waals surface area (Å²) in [7, 11) is 0. The van der Waals surface area contributed by atoms with Crippen LogP contribution < -0.4 is 11.1 Å². The van der Waals surface area contributed by atoms with Crippen molar-refractivity contribution in [2.75, 3.05) is 13.1 Å². The maximum atomic E-state index is 5.91. The molecule has 8 heavy (non-hydrogen) atoms. The van der Waals surface area contributed by atoms with E-state index in [1.54, 1.807) is 0 Å². The lowest BCUT2D eigenvalue weighted by molar-refractivity contribution is 0.444. The minimum absolute atomic E-state index is 0.283. The van der Waals surface area contributed by atoms with Crippen LogP contribution >= 0.6 is 0 Å². The van der Waals surface area contributed by atoms with Crippen LogP contribution in [0.15, 0.2) is 0 Å². The molecule has 2 aliphatic rings. The molecule has 2 rings (SSSR count). The molecular weight excluding hydrogens is 100 g/mol. The van der Waals surface area contributed by atoms with Gasteiger partial charge in [0.25, 0.3) is 0 Å². The van der Waals surface area contributed by atoms with Gasteiger partial charge in [-0.15, -0.1) is 0 Å². The molecule has 2 atom stereocenters. The second-order valence-corrected chi connectivity index (χ2v) is 3.09. The molecule has 2 nitrogen and oxygen atoms in total. The van der Waals surface area contributed by atoms with Gasteiger partial charge < -0.3 is 11.1 Å². The van der Waals surface area contributed by atoms with Gasteiger partial charge in [0, 0.05) is 5.54 Å². The van der Waals surface area contributed by atoms with Gasteiger partial charge >= 0.3 is 0 Å². The van der Waals surface area contributed by atoms with Crippen molar-refractivity contribution < 1.29 is 0 Å². The van der Waals surface area contributed by atoms with E-state index in [1.807, 2.05) is 0 Å². The summed E-state index contributed by atoms with van der Waals surface area (Å²) in [5, 5.41) is 3.32. The van der Waals surface area contributed by atoms with Crippen LogP contribution in [-0.2, 0) is 0 Å². The lowest BCUT2D eigenvalue weighted by Gasteiger charge is -2.17. The van der Waals surface area contributed by atoms with Gasteiger partial charge in [-0.25, -0.2) is 0 Å². The van der Waals surface area contributed by atoms with Crippen molar-refractivity contribution in [1.29, 1.82) is 0 Å². The molecule has 2 heteroatoms. The summed E-state index contributed by atoms with van der Waals surface area (Å²) in [6.45, 7) is 2.30. The van der Waals surface area contributed by atoms with E-state index in [0.717, 1.165) is 19.0 Å². The van der Waals surface area contributed by atoms with Crippen molar-refractivity contribution in [2.45, 2.75) is 18.4 Å². The Morgan fingerprint density at radius 1 is 1.62 bits per heavy atom. The number of piperidine rings is 1. The zero-order valence-corrected chi connectivity index (χ0v) is 4.98. The minimum atomic E-state index is 0.283. The fraction of sp³-hybridized carbons (Fsp3) is 1.00. The Morgan fingerprint density at radius 3 is 3.00 bits per heavy atom. The minimum Gasteiger partial charge on any atom is -0.325 e. The molecule has 1 aliphatic heterocycles. The predicted octanol–water partition coefficient (Wildman–Crippen LogP) is -0.303. The second kappa shape index (κ2) is 1.25. The molecule has 0 amide bonds. The lowest BCUT2D eigenvalue weighted by atomic mass is 10.1. The zero-order valence-electron chi connectivity index (χ0n) is 4.98. The van der Waals surface area contributed by atoms with Crippen molar-refractivity contribution in [3.63, 3.8) is 0 Å². The quantitative estimate of drug-likeness (QED) is 0.451. The van der Waals surface area contributed by atoms with E-state index in [1.165, 1.54) is 12.8 Å². The molecule has 0 aromatic rings. The normalized spacial score (nSPS) is 52.9. The molecule has 0 aromatic heterocycles. The molecule has 1 saturated carbocycles. The molecule has 1 unspecified atom stereocenters. The van der Waals surface area contributed by atoms with Gasteiger partial charge in [-0.1, -0.05) is 0 Å². The fourth-order valence-corrected chi connectivity index (χ4v) is 1.58. The molecule has 0 spiro atoms. The molecule has 0 aromatic carbocycles. The van der Waals surface area contributed by atoms with Crippen LogP contribution in [0.1, 0.15) is 12.8 Å². The standard InChI is InChI=1S/C6H12N2/c7-6-1-2-8-4-5(6)3-6/h5,8H,1-4,7H2/t5?,6-/m1/s1. The molecule has 1 aliphatic carbocycles. The van der Waals surface area contributed by atoms with Crippen LogP contribution in [0.3, 0.4) is 0 Å². The summed E-state index contributed by atoms with van der Waals surface area (Å²) >= 11 is 0. The van der Waals surface area contributed by atoms with Crippen molar-refractivity contribution in [1.82, 2.24) is 5.32 Å². The molecule has 2 fully saturated rings. The number of hydrogen-bond acceptors (Lipinski definition) is 2. The van der Waals surface area contributed by atoms with E-state index in [9.17, 15) is 0 Å². The van der Waals surface area contributed by atoms with Gasteiger partial charge in [0.2, 0.25) is 0 Å². The summed E-state index contributed by atoms with van der Waals surface area (Å²) in [4.78, 5) is 0. The summed E-state index contributed by atoms with van der Waals surface area (Å²) in [5.41, 5.74) is 6.19. The molecular formula is C6H12N2. The summed E-state index contributed by atoms with van der Waals surface area (Å²) in [6, 6.07) is 0. The number of rotatable bonds is 0. The van der Waals surface area contributed by atoms with Crippen LogP contribution in [0, 0.1) is 5.92 Å². The third-order valence-electron chi connectivity index (χ3n) is 2.44. The Bertz CT molecular complexity index is 111. The third kappa shape index (κ3) is 0.501. The van der Waals surface area contributed by atoms with Gasteiger partial charge in [-0.05, 0) is 31.8 Å². The second-order valence-electron chi connectivity index (χ2n) is 3.09. The van der Waals surface area contributed by atoms with E-state index >= 15 is 0 Å². The smallest absolute Gasteiger partial charge is 0.0211 e. The first-order chi connectivity index (χ1) is 3.81. The molecule has 3 N–H and O–H groups in total. The maximum Gasteiger partial charge on any atom is 0.0211 e. The van der Waals surface area contributed by atoms with Crippen LogP contribution in [-0.4, -0.2) is 18.6 Å². The highest BCUT2D eigenvalue weighted by Gasteiger charge is 2.51. The average Bonchev–Trinajstić information content (AvgIpc) is 2.39. The Hall–Kier alpha value is -0.0800. The van der Waals surface area contributed by atoms with E-state index < -0.39 is 0 Å². The van der Waals surface area contributed by atoms with Gasteiger partial charge in [-0.2, -0.15) is 0 Å². The van der Waals surface area contributed by atoms with E-state index in [2.05, 4.69) is 5.32 Å². The van der Waals surface area contributed by atoms with Crippen molar-refractivity contribution in [2.24, 2.45) is 11.7 Å². The van der Waals surface area contributed by atoms with Gasteiger partial charge in [0.1, 0.15) is 0 Å².